The predicted molar refractivity (Wildman–Crippen MR) is 80.4 cm³/mol. The summed E-state index contributed by atoms with van der Waals surface area (Å²) in [5.74, 6) is -2.41. The van der Waals surface area contributed by atoms with E-state index in [2.05, 4.69) is 11.4 Å². The number of hydrogen-bond acceptors (Lipinski definition) is 6. The normalized spacial score (nSPS) is 12.7. The molecular weight excluding hydrogens is 304 g/mol. The van der Waals surface area contributed by atoms with E-state index in [9.17, 15) is 25.4 Å². The van der Waals surface area contributed by atoms with E-state index in [0.717, 1.165) is 41.8 Å². The number of nitriles is 1. The lowest BCUT2D eigenvalue weighted by Gasteiger charge is -2.07. The number of phenolic OH excluding ortho intramolecular Hbond substituents is 3. The number of anilines is 1. The van der Waals surface area contributed by atoms with E-state index < -0.39 is 23.2 Å². The third-order valence-corrected chi connectivity index (χ3v) is 4.80. The molecule has 0 atom stereocenters. The van der Waals surface area contributed by atoms with Crippen molar-refractivity contribution in [3.63, 3.8) is 0 Å². The number of phenols is 3. The second-order valence-corrected chi connectivity index (χ2v) is 6.10. The first kappa shape index (κ1) is 14.2. The topological polar surface area (TPSA) is 114 Å². The molecular formula is C15H12N2O4S. The number of thiophene rings is 1. The van der Waals surface area contributed by atoms with Crippen molar-refractivity contribution in [2.24, 2.45) is 0 Å². The van der Waals surface area contributed by atoms with Gasteiger partial charge in [-0.25, -0.2) is 0 Å². The second kappa shape index (κ2) is 5.24. The number of nitrogens with zero attached hydrogens (tertiary/aromatic N) is 1. The largest absolute Gasteiger partial charge is 0.504 e. The Kier molecular flexibility index (Phi) is 3.39. The number of hydrogen-bond donors (Lipinski definition) is 4. The van der Waals surface area contributed by atoms with Crippen LogP contribution in [0.15, 0.2) is 12.1 Å². The Morgan fingerprint density at radius 3 is 2.55 bits per heavy atom. The number of rotatable bonds is 2. The fourth-order valence-electron chi connectivity index (χ4n) is 2.52. The number of carbonyl (C=O) groups is 1. The van der Waals surface area contributed by atoms with Crippen molar-refractivity contribution < 1.29 is 20.1 Å². The summed E-state index contributed by atoms with van der Waals surface area (Å²) in [7, 11) is 0. The van der Waals surface area contributed by atoms with Gasteiger partial charge in [0.15, 0.2) is 17.2 Å². The van der Waals surface area contributed by atoms with Crippen LogP contribution in [0, 0.1) is 11.3 Å². The molecule has 3 rings (SSSR count). The van der Waals surface area contributed by atoms with E-state index in [0.29, 0.717) is 10.6 Å². The summed E-state index contributed by atoms with van der Waals surface area (Å²) in [4.78, 5) is 13.3. The monoisotopic (exact) mass is 316 g/mol. The lowest BCUT2D eigenvalue weighted by Crippen LogP contribution is -2.11. The van der Waals surface area contributed by atoms with Crippen molar-refractivity contribution in [3.8, 4) is 23.3 Å². The van der Waals surface area contributed by atoms with Gasteiger partial charge >= 0.3 is 0 Å². The number of aryl methyl sites for hydroxylation is 1. The van der Waals surface area contributed by atoms with Gasteiger partial charge in [-0.05, 0) is 37.0 Å². The molecule has 4 N–H and O–H groups in total. The third kappa shape index (κ3) is 2.23. The zero-order valence-electron chi connectivity index (χ0n) is 11.4. The maximum Gasteiger partial charge on any atom is 0.256 e. The molecule has 1 amide bonds. The van der Waals surface area contributed by atoms with Crippen LogP contribution in [0.1, 0.15) is 32.8 Å². The number of aromatic hydroxyl groups is 3. The standard InChI is InChI=1S/C15H12N2O4S/c16-6-9-8-2-1-3-12(8)22-15(9)17-14(21)7-4-10(18)13(20)11(19)5-7/h4-5,18-20H,1-3H2,(H,17,21). The number of fused-ring (bicyclic) bond motifs is 1. The Morgan fingerprint density at radius 1 is 1.23 bits per heavy atom. The van der Waals surface area contributed by atoms with Crippen LogP contribution in [0.4, 0.5) is 5.00 Å². The van der Waals surface area contributed by atoms with Gasteiger partial charge in [0.1, 0.15) is 11.1 Å². The van der Waals surface area contributed by atoms with Gasteiger partial charge in [0.05, 0.1) is 5.56 Å². The highest BCUT2D eigenvalue weighted by molar-refractivity contribution is 7.16. The first-order valence-corrected chi connectivity index (χ1v) is 7.44. The zero-order chi connectivity index (χ0) is 15.9. The van der Waals surface area contributed by atoms with Crippen LogP contribution >= 0.6 is 11.3 Å². The van der Waals surface area contributed by atoms with Gasteiger partial charge in [-0.3, -0.25) is 4.79 Å². The molecule has 0 fully saturated rings. The zero-order valence-corrected chi connectivity index (χ0v) is 12.2. The molecule has 7 heteroatoms. The minimum Gasteiger partial charge on any atom is -0.504 e. The third-order valence-electron chi connectivity index (χ3n) is 3.59. The smallest absolute Gasteiger partial charge is 0.256 e. The van der Waals surface area contributed by atoms with Crippen molar-refractivity contribution in [2.75, 3.05) is 5.32 Å². The number of nitrogens with one attached hydrogen (secondary N) is 1. The van der Waals surface area contributed by atoms with Crippen LogP contribution in [-0.2, 0) is 12.8 Å². The average molecular weight is 316 g/mol. The SMILES string of the molecule is N#Cc1c(NC(=O)c2cc(O)c(O)c(O)c2)sc2c1CCC2. The van der Waals surface area contributed by atoms with E-state index >= 15 is 0 Å². The fourth-order valence-corrected chi connectivity index (χ4v) is 3.76. The molecule has 0 aliphatic heterocycles. The van der Waals surface area contributed by atoms with Gasteiger partial charge in [-0.2, -0.15) is 5.26 Å². The first-order chi connectivity index (χ1) is 10.5. The van der Waals surface area contributed by atoms with E-state index in [-0.39, 0.29) is 5.56 Å². The van der Waals surface area contributed by atoms with Crippen LogP contribution in [-0.4, -0.2) is 21.2 Å². The van der Waals surface area contributed by atoms with E-state index in [1.165, 1.54) is 11.3 Å². The number of carbonyl (C=O) groups excluding carboxylic acids is 1. The van der Waals surface area contributed by atoms with Gasteiger partial charge in [0.2, 0.25) is 0 Å². The van der Waals surface area contributed by atoms with Crippen molar-refractivity contribution in [1.82, 2.24) is 0 Å². The molecule has 1 aliphatic rings. The quantitative estimate of drug-likeness (QED) is 0.636. The number of amides is 1. The Hall–Kier alpha value is -2.72. The fraction of sp³-hybridized carbons (Fsp3) is 0.200. The molecule has 0 radical (unpaired) electrons. The van der Waals surface area contributed by atoms with Gasteiger partial charge in [0, 0.05) is 10.4 Å². The summed E-state index contributed by atoms with van der Waals surface area (Å²) in [5.41, 5.74) is 1.47. The van der Waals surface area contributed by atoms with Crippen molar-refractivity contribution in [1.29, 1.82) is 5.26 Å². The Morgan fingerprint density at radius 2 is 1.91 bits per heavy atom. The van der Waals surface area contributed by atoms with Gasteiger partial charge < -0.3 is 20.6 Å². The molecule has 0 saturated heterocycles. The summed E-state index contributed by atoms with van der Waals surface area (Å²) in [5, 5.41) is 40.6. The maximum absolute atomic E-state index is 12.2. The highest BCUT2D eigenvalue weighted by Crippen LogP contribution is 2.39. The molecule has 1 aliphatic carbocycles. The maximum atomic E-state index is 12.2. The summed E-state index contributed by atoms with van der Waals surface area (Å²) in [6, 6.07) is 4.23. The summed E-state index contributed by atoms with van der Waals surface area (Å²) in [6.07, 6.45) is 2.76. The van der Waals surface area contributed by atoms with Crippen molar-refractivity contribution in [3.05, 3.63) is 33.7 Å². The molecule has 0 bridgehead atoms. The summed E-state index contributed by atoms with van der Waals surface area (Å²) < 4.78 is 0. The number of benzene rings is 1. The highest BCUT2D eigenvalue weighted by Gasteiger charge is 2.23. The molecule has 0 unspecified atom stereocenters. The van der Waals surface area contributed by atoms with E-state index in [1.54, 1.807) is 0 Å². The van der Waals surface area contributed by atoms with E-state index in [1.807, 2.05) is 0 Å². The van der Waals surface area contributed by atoms with Gasteiger partial charge in [0.25, 0.3) is 5.91 Å². The molecule has 6 nitrogen and oxygen atoms in total. The summed E-state index contributed by atoms with van der Waals surface area (Å²) >= 11 is 1.38. The Labute approximate surface area is 129 Å². The minimum absolute atomic E-state index is 0.00903. The average Bonchev–Trinajstić information content (AvgIpc) is 3.04. The minimum atomic E-state index is -0.677. The van der Waals surface area contributed by atoms with Crippen molar-refractivity contribution in [2.45, 2.75) is 19.3 Å². The van der Waals surface area contributed by atoms with E-state index in [4.69, 9.17) is 0 Å². The molecule has 0 spiro atoms. The lowest BCUT2D eigenvalue weighted by atomic mass is 10.1. The molecule has 1 aromatic carbocycles. The van der Waals surface area contributed by atoms with Crippen LogP contribution in [0.3, 0.4) is 0 Å². The lowest BCUT2D eigenvalue weighted by molar-refractivity contribution is 0.102. The predicted octanol–water partition coefficient (Wildman–Crippen LogP) is 2.48. The molecule has 1 aromatic heterocycles. The molecule has 22 heavy (non-hydrogen) atoms. The van der Waals surface area contributed by atoms with Gasteiger partial charge in [-0.15, -0.1) is 11.3 Å². The van der Waals surface area contributed by atoms with Crippen LogP contribution in [0.2, 0.25) is 0 Å². The molecule has 112 valence electrons. The molecule has 1 heterocycles. The summed E-state index contributed by atoms with van der Waals surface area (Å²) in [6.45, 7) is 0. The van der Waals surface area contributed by atoms with Crippen LogP contribution < -0.4 is 5.32 Å². The Bertz CT molecular complexity index is 797. The molecule has 0 saturated carbocycles. The van der Waals surface area contributed by atoms with Crippen molar-refractivity contribution >= 4 is 22.2 Å². The Balaban J connectivity index is 1.91. The van der Waals surface area contributed by atoms with Crippen LogP contribution in [0.25, 0.3) is 0 Å². The molecule has 2 aromatic rings. The van der Waals surface area contributed by atoms with Gasteiger partial charge in [-0.1, -0.05) is 0 Å². The first-order valence-electron chi connectivity index (χ1n) is 6.62. The second-order valence-electron chi connectivity index (χ2n) is 4.99. The highest BCUT2D eigenvalue weighted by atomic mass is 32.1. The van der Waals surface area contributed by atoms with Crippen LogP contribution in [0.5, 0.6) is 17.2 Å².